The highest BCUT2D eigenvalue weighted by molar-refractivity contribution is 5.86. The molecule has 112 valence electrons. The van der Waals surface area contributed by atoms with E-state index in [0.717, 1.165) is 6.07 Å². The van der Waals surface area contributed by atoms with E-state index in [0.29, 0.717) is 11.1 Å². The zero-order chi connectivity index (χ0) is 15.7. The van der Waals surface area contributed by atoms with E-state index in [1.807, 2.05) is 6.07 Å². The number of carbonyl (C=O) groups is 1. The monoisotopic (exact) mass is 302 g/mol. The molecule has 0 N–H and O–H groups in total. The molecule has 0 saturated carbocycles. The van der Waals surface area contributed by atoms with E-state index in [2.05, 4.69) is 4.98 Å². The maximum Gasteiger partial charge on any atom is 0.433 e. The molecule has 2 aromatic heterocycles. The fraction of sp³-hybridized carbons (Fsp3) is 0.143. The quantitative estimate of drug-likeness (QED) is 0.413. The number of rotatable bonds is 4. The van der Waals surface area contributed by atoms with E-state index >= 15 is 0 Å². The van der Waals surface area contributed by atoms with Gasteiger partial charge in [0.1, 0.15) is 10.4 Å². The van der Waals surface area contributed by atoms with Crippen LogP contribution in [0.15, 0.2) is 45.2 Å². The zero-order valence-electron chi connectivity index (χ0n) is 11.4. The number of fused-ring (bicyclic) bond motifs is 1. The maximum absolute atomic E-state index is 11.9. The number of esters is 1. The maximum atomic E-state index is 11.9. The van der Waals surface area contributed by atoms with Gasteiger partial charge in [-0.15, -0.1) is 0 Å². The van der Waals surface area contributed by atoms with Gasteiger partial charge in [-0.25, -0.2) is 9.78 Å². The predicted molar refractivity (Wildman–Crippen MR) is 73.2 cm³/mol. The van der Waals surface area contributed by atoms with Crippen molar-refractivity contribution in [3.63, 3.8) is 0 Å². The van der Waals surface area contributed by atoms with E-state index in [1.165, 1.54) is 6.07 Å². The van der Waals surface area contributed by atoms with Crippen molar-refractivity contribution in [2.45, 2.75) is 13.0 Å². The van der Waals surface area contributed by atoms with Crippen LogP contribution >= 0.6 is 0 Å². The average molecular weight is 302 g/mol. The third-order valence-corrected chi connectivity index (χ3v) is 2.91. The molecule has 0 aliphatic carbocycles. The normalized spacial score (nSPS) is 12.2. The van der Waals surface area contributed by atoms with Gasteiger partial charge in [0.2, 0.25) is 11.7 Å². The fourth-order valence-electron chi connectivity index (χ4n) is 1.87. The molecule has 0 aliphatic rings. The lowest BCUT2D eigenvalue weighted by Crippen LogP contribution is -2.08. The fourth-order valence-corrected chi connectivity index (χ4v) is 1.87. The van der Waals surface area contributed by atoms with Gasteiger partial charge in [0.25, 0.3) is 0 Å². The second kappa shape index (κ2) is 5.32. The van der Waals surface area contributed by atoms with Gasteiger partial charge in [-0.2, -0.15) is 0 Å². The summed E-state index contributed by atoms with van der Waals surface area (Å²) in [6.45, 7) is 1.58. The molecule has 0 aliphatic heterocycles. The van der Waals surface area contributed by atoms with E-state index in [1.54, 1.807) is 25.1 Å². The van der Waals surface area contributed by atoms with Gasteiger partial charge in [0, 0.05) is 0 Å². The summed E-state index contributed by atoms with van der Waals surface area (Å²) < 4.78 is 15.4. The third kappa shape index (κ3) is 2.53. The number of benzene rings is 1. The lowest BCUT2D eigenvalue weighted by Gasteiger charge is -2.07. The summed E-state index contributed by atoms with van der Waals surface area (Å²) in [6, 6.07) is 9.40. The van der Waals surface area contributed by atoms with Gasteiger partial charge < -0.3 is 13.6 Å². The number of furan rings is 1. The Bertz CT molecular complexity index is 817. The molecule has 3 rings (SSSR count). The Kier molecular flexibility index (Phi) is 3.34. The van der Waals surface area contributed by atoms with Crippen LogP contribution in [-0.4, -0.2) is 15.9 Å². The molecule has 0 amide bonds. The first-order chi connectivity index (χ1) is 10.5. The van der Waals surface area contributed by atoms with E-state index in [4.69, 9.17) is 13.6 Å². The third-order valence-electron chi connectivity index (χ3n) is 2.91. The van der Waals surface area contributed by atoms with E-state index in [-0.39, 0.29) is 11.7 Å². The second-order valence-electron chi connectivity index (χ2n) is 4.46. The minimum atomic E-state index is -0.831. The molecule has 1 aromatic carbocycles. The van der Waals surface area contributed by atoms with Crippen LogP contribution in [0, 0.1) is 10.1 Å². The number of hydrogen-bond donors (Lipinski definition) is 0. The van der Waals surface area contributed by atoms with Crippen molar-refractivity contribution < 1.29 is 23.3 Å². The summed E-state index contributed by atoms with van der Waals surface area (Å²) in [6.07, 6.45) is -0.760. The molecule has 8 heteroatoms. The topological polar surface area (TPSA) is 109 Å². The molecule has 3 aromatic rings. The minimum Gasteiger partial charge on any atom is -0.447 e. The first-order valence-corrected chi connectivity index (χ1v) is 6.35. The molecule has 0 radical (unpaired) electrons. The molecule has 0 bridgehead atoms. The summed E-state index contributed by atoms with van der Waals surface area (Å²) in [4.78, 5) is 25.9. The Morgan fingerprint density at radius 1 is 1.27 bits per heavy atom. The van der Waals surface area contributed by atoms with Gasteiger partial charge in [-0.3, -0.25) is 10.1 Å². The van der Waals surface area contributed by atoms with E-state index < -0.39 is 22.9 Å². The number of nitrogens with zero attached hydrogens (tertiary/aromatic N) is 2. The van der Waals surface area contributed by atoms with Crippen LogP contribution < -0.4 is 0 Å². The Labute approximate surface area is 123 Å². The van der Waals surface area contributed by atoms with Gasteiger partial charge in [-0.05, 0) is 25.1 Å². The Morgan fingerprint density at radius 2 is 2.05 bits per heavy atom. The standard InChI is InChI=1S/C14H10N2O6/c1-8(13-15-9-4-2-3-5-10(9)22-13)20-14(17)11-6-7-12(21-11)16(18)19/h2-8H,1H3/t8-/m1/s1. The summed E-state index contributed by atoms with van der Waals surface area (Å²) in [5.41, 5.74) is 1.23. The number of ether oxygens (including phenoxy) is 1. The van der Waals surface area contributed by atoms with Crippen molar-refractivity contribution >= 4 is 23.0 Å². The second-order valence-corrected chi connectivity index (χ2v) is 4.46. The molecule has 2 heterocycles. The first-order valence-electron chi connectivity index (χ1n) is 6.35. The van der Waals surface area contributed by atoms with Crippen LogP contribution in [0.4, 0.5) is 5.88 Å². The Hall–Kier alpha value is -3.16. The summed E-state index contributed by atoms with van der Waals surface area (Å²) >= 11 is 0. The molecule has 0 fully saturated rings. The summed E-state index contributed by atoms with van der Waals surface area (Å²) in [7, 11) is 0. The molecule has 8 nitrogen and oxygen atoms in total. The number of nitro groups is 1. The van der Waals surface area contributed by atoms with E-state index in [9.17, 15) is 14.9 Å². The Morgan fingerprint density at radius 3 is 2.73 bits per heavy atom. The van der Waals surface area contributed by atoms with Gasteiger partial charge >= 0.3 is 11.9 Å². The van der Waals surface area contributed by atoms with Crippen LogP contribution in [0.3, 0.4) is 0 Å². The van der Waals surface area contributed by atoms with Crippen LogP contribution in [-0.2, 0) is 4.74 Å². The first kappa shape index (κ1) is 13.8. The van der Waals surface area contributed by atoms with Gasteiger partial charge in [0.05, 0.1) is 6.07 Å². The van der Waals surface area contributed by atoms with Crippen molar-refractivity contribution in [1.29, 1.82) is 0 Å². The van der Waals surface area contributed by atoms with Crippen molar-refractivity contribution in [2.24, 2.45) is 0 Å². The molecular formula is C14H10N2O6. The highest BCUT2D eigenvalue weighted by Crippen LogP contribution is 2.24. The SMILES string of the molecule is C[C@@H](OC(=O)c1ccc([N+](=O)[O-])o1)c1nc2ccccc2o1. The molecule has 0 saturated heterocycles. The highest BCUT2D eigenvalue weighted by Gasteiger charge is 2.23. The van der Waals surface area contributed by atoms with Crippen LogP contribution in [0.25, 0.3) is 11.1 Å². The molecule has 1 atom stereocenters. The largest absolute Gasteiger partial charge is 0.447 e. The van der Waals surface area contributed by atoms with Crippen molar-refractivity contribution in [1.82, 2.24) is 4.98 Å². The number of hydrogen-bond acceptors (Lipinski definition) is 7. The average Bonchev–Trinajstić information content (AvgIpc) is 3.14. The van der Waals surface area contributed by atoms with Crippen molar-refractivity contribution in [3.8, 4) is 0 Å². The van der Waals surface area contributed by atoms with Crippen molar-refractivity contribution in [2.75, 3.05) is 0 Å². The zero-order valence-corrected chi connectivity index (χ0v) is 11.4. The smallest absolute Gasteiger partial charge is 0.433 e. The lowest BCUT2D eigenvalue weighted by atomic mass is 10.3. The summed E-state index contributed by atoms with van der Waals surface area (Å²) in [5, 5.41) is 10.5. The number of para-hydroxylation sites is 2. The predicted octanol–water partition coefficient (Wildman–Crippen LogP) is 3.25. The number of aromatic nitrogens is 1. The van der Waals surface area contributed by atoms with Gasteiger partial charge in [-0.1, -0.05) is 12.1 Å². The number of carbonyl (C=O) groups excluding carboxylic acids is 1. The highest BCUT2D eigenvalue weighted by atomic mass is 16.7. The lowest BCUT2D eigenvalue weighted by molar-refractivity contribution is -0.402. The molecule has 0 spiro atoms. The molecule has 0 unspecified atom stereocenters. The Balaban J connectivity index is 1.76. The van der Waals surface area contributed by atoms with Crippen LogP contribution in [0.2, 0.25) is 0 Å². The van der Waals surface area contributed by atoms with Crippen LogP contribution in [0.1, 0.15) is 29.5 Å². The summed E-state index contributed by atoms with van der Waals surface area (Å²) in [5.74, 6) is -1.38. The minimum absolute atomic E-state index is 0.232. The molecular weight excluding hydrogens is 292 g/mol. The molecule has 22 heavy (non-hydrogen) atoms. The van der Waals surface area contributed by atoms with Crippen molar-refractivity contribution in [3.05, 3.63) is 58.2 Å². The van der Waals surface area contributed by atoms with Gasteiger partial charge in [0.15, 0.2) is 11.7 Å². The van der Waals surface area contributed by atoms with Crippen LogP contribution in [0.5, 0.6) is 0 Å². The number of oxazole rings is 1.